The zero-order valence-electron chi connectivity index (χ0n) is 7.34. The Morgan fingerprint density at radius 2 is 2.00 bits per heavy atom. The number of benzene rings is 1. The van der Waals surface area contributed by atoms with E-state index in [0.29, 0.717) is 5.56 Å². The number of rotatable bonds is 1. The summed E-state index contributed by atoms with van der Waals surface area (Å²) in [4.78, 5) is 3.02. The minimum absolute atomic E-state index is 0.190. The minimum atomic E-state index is -0.190. The van der Waals surface area contributed by atoms with Crippen LogP contribution in [0.3, 0.4) is 0 Å². The van der Waals surface area contributed by atoms with Gasteiger partial charge in [-0.05, 0) is 30.7 Å². The van der Waals surface area contributed by atoms with Gasteiger partial charge in [-0.15, -0.1) is 0 Å². The van der Waals surface area contributed by atoms with Gasteiger partial charge in [0.05, 0.1) is 0 Å². The summed E-state index contributed by atoms with van der Waals surface area (Å²) in [5, 5.41) is 0. The Labute approximate surface area is 76.2 Å². The molecule has 1 heterocycles. The van der Waals surface area contributed by atoms with Gasteiger partial charge in [-0.2, -0.15) is 0 Å². The second-order valence-corrected chi connectivity index (χ2v) is 3.07. The van der Waals surface area contributed by atoms with Crippen molar-refractivity contribution in [2.75, 3.05) is 0 Å². The molecule has 0 bridgehead atoms. The lowest BCUT2D eigenvalue weighted by atomic mass is 10.1. The van der Waals surface area contributed by atoms with E-state index in [2.05, 4.69) is 4.98 Å². The van der Waals surface area contributed by atoms with E-state index in [0.717, 1.165) is 11.3 Å². The lowest BCUT2D eigenvalue weighted by Gasteiger charge is -1.98. The van der Waals surface area contributed by atoms with Crippen molar-refractivity contribution in [3.63, 3.8) is 0 Å². The first-order valence-corrected chi connectivity index (χ1v) is 4.17. The van der Waals surface area contributed by atoms with Crippen LogP contribution in [0, 0.1) is 12.7 Å². The Balaban J connectivity index is 2.52. The number of halogens is 1. The predicted molar refractivity (Wildman–Crippen MR) is 50.9 cm³/mol. The molecule has 0 aliphatic carbocycles. The highest BCUT2D eigenvalue weighted by molar-refractivity contribution is 5.60. The Kier molecular flexibility index (Phi) is 1.89. The van der Waals surface area contributed by atoms with Crippen molar-refractivity contribution in [1.29, 1.82) is 0 Å². The standard InChI is InChI=1S/C11H10FN/c1-8-6-11(13-7-8)9-4-2-3-5-10(9)12/h2-7,13H,1H3. The molecular formula is C11H10FN. The van der Waals surface area contributed by atoms with Gasteiger partial charge in [-0.25, -0.2) is 4.39 Å². The maximum Gasteiger partial charge on any atom is 0.132 e. The number of H-pyrrole nitrogens is 1. The number of hydrogen-bond donors (Lipinski definition) is 1. The molecule has 66 valence electrons. The fourth-order valence-corrected chi connectivity index (χ4v) is 1.34. The molecule has 0 unspecified atom stereocenters. The Hall–Kier alpha value is -1.57. The van der Waals surface area contributed by atoms with Gasteiger partial charge in [0.25, 0.3) is 0 Å². The molecule has 0 spiro atoms. The average molecular weight is 175 g/mol. The van der Waals surface area contributed by atoms with Gasteiger partial charge in [0.15, 0.2) is 0 Å². The van der Waals surface area contributed by atoms with E-state index in [1.165, 1.54) is 6.07 Å². The highest BCUT2D eigenvalue weighted by Crippen LogP contribution is 2.21. The van der Waals surface area contributed by atoms with Gasteiger partial charge in [0.2, 0.25) is 0 Å². The predicted octanol–water partition coefficient (Wildman–Crippen LogP) is 3.13. The third-order valence-electron chi connectivity index (χ3n) is 1.99. The van der Waals surface area contributed by atoms with Crippen LogP contribution >= 0.6 is 0 Å². The first-order valence-electron chi connectivity index (χ1n) is 4.17. The smallest absolute Gasteiger partial charge is 0.132 e. The van der Waals surface area contributed by atoms with Crippen LogP contribution in [0.15, 0.2) is 36.5 Å². The molecule has 1 nitrogen and oxygen atoms in total. The SMILES string of the molecule is Cc1c[nH]c(-c2ccccc2F)c1. The van der Waals surface area contributed by atoms with E-state index < -0.39 is 0 Å². The molecule has 2 rings (SSSR count). The third-order valence-corrected chi connectivity index (χ3v) is 1.99. The molecule has 0 saturated carbocycles. The van der Waals surface area contributed by atoms with E-state index >= 15 is 0 Å². The fraction of sp³-hybridized carbons (Fsp3) is 0.0909. The molecule has 0 aliphatic rings. The summed E-state index contributed by atoms with van der Waals surface area (Å²) in [6.45, 7) is 1.97. The van der Waals surface area contributed by atoms with Gasteiger partial charge in [-0.3, -0.25) is 0 Å². The highest BCUT2D eigenvalue weighted by Gasteiger charge is 2.04. The van der Waals surface area contributed by atoms with Crippen LogP contribution < -0.4 is 0 Å². The molecule has 0 radical (unpaired) electrons. The first kappa shape index (κ1) is 8.05. The quantitative estimate of drug-likeness (QED) is 0.685. The number of aromatic nitrogens is 1. The summed E-state index contributed by atoms with van der Waals surface area (Å²) in [6, 6.07) is 8.67. The van der Waals surface area contributed by atoms with Gasteiger partial charge >= 0.3 is 0 Å². The Morgan fingerprint density at radius 3 is 2.62 bits per heavy atom. The number of aromatic amines is 1. The lowest BCUT2D eigenvalue weighted by molar-refractivity contribution is 0.631. The van der Waals surface area contributed by atoms with Gasteiger partial charge in [0.1, 0.15) is 5.82 Å². The molecule has 1 aromatic carbocycles. The molecule has 1 N–H and O–H groups in total. The fourth-order valence-electron chi connectivity index (χ4n) is 1.34. The van der Waals surface area contributed by atoms with Crippen LogP contribution in [0.4, 0.5) is 4.39 Å². The molecule has 0 aliphatic heterocycles. The molecule has 1 aromatic heterocycles. The Morgan fingerprint density at radius 1 is 1.23 bits per heavy atom. The van der Waals surface area contributed by atoms with Gasteiger partial charge in [0, 0.05) is 17.5 Å². The van der Waals surface area contributed by atoms with Crippen LogP contribution in [0.25, 0.3) is 11.3 Å². The molecule has 13 heavy (non-hydrogen) atoms. The maximum atomic E-state index is 13.3. The van der Waals surface area contributed by atoms with Crippen LogP contribution in [0.5, 0.6) is 0 Å². The topological polar surface area (TPSA) is 15.8 Å². The molecule has 2 heteroatoms. The monoisotopic (exact) mass is 175 g/mol. The van der Waals surface area contributed by atoms with Crippen LogP contribution in [-0.4, -0.2) is 4.98 Å². The second-order valence-electron chi connectivity index (χ2n) is 3.07. The molecular weight excluding hydrogens is 165 g/mol. The number of hydrogen-bond acceptors (Lipinski definition) is 0. The molecule has 0 fully saturated rings. The molecule has 0 atom stereocenters. The second kappa shape index (κ2) is 3.05. The summed E-state index contributed by atoms with van der Waals surface area (Å²) in [5.74, 6) is -0.190. The maximum absolute atomic E-state index is 13.3. The zero-order valence-corrected chi connectivity index (χ0v) is 7.34. The van der Waals surface area contributed by atoms with Crippen molar-refractivity contribution in [3.05, 3.63) is 47.9 Å². The summed E-state index contributed by atoms with van der Waals surface area (Å²) in [7, 11) is 0. The van der Waals surface area contributed by atoms with Gasteiger partial charge in [-0.1, -0.05) is 12.1 Å². The highest BCUT2D eigenvalue weighted by atomic mass is 19.1. The lowest BCUT2D eigenvalue weighted by Crippen LogP contribution is -1.81. The Bertz CT molecular complexity index is 418. The normalized spacial score (nSPS) is 10.3. The van der Waals surface area contributed by atoms with E-state index in [1.54, 1.807) is 12.1 Å². The van der Waals surface area contributed by atoms with E-state index in [1.807, 2.05) is 25.3 Å². The number of nitrogens with one attached hydrogen (secondary N) is 1. The first-order chi connectivity index (χ1) is 6.27. The van der Waals surface area contributed by atoms with Crippen LogP contribution in [0.1, 0.15) is 5.56 Å². The summed E-state index contributed by atoms with van der Waals surface area (Å²) < 4.78 is 13.3. The van der Waals surface area contributed by atoms with E-state index in [9.17, 15) is 4.39 Å². The van der Waals surface area contributed by atoms with Crippen LogP contribution in [-0.2, 0) is 0 Å². The van der Waals surface area contributed by atoms with Crippen LogP contribution in [0.2, 0.25) is 0 Å². The van der Waals surface area contributed by atoms with E-state index in [4.69, 9.17) is 0 Å². The summed E-state index contributed by atoms with van der Waals surface area (Å²) in [6.07, 6.45) is 1.86. The molecule has 0 saturated heterocycles. The summed E-state index contributed by atoms with van der Waals surface area (Å²) >= 11 is 0. The van der Waals surface area contributed by atoms with Crippen molar-refractivity contribution >= 4 is 0 Å². The van der Waals surface area contributed by atoms with Crippen molar-refractivity contribution in [2.24, 2.45) is 0 Å². The number of aryl methyl sites for hydroxylation is 1. The zero-order chi connectivity index (χ0) is 9.26. The summed E-state index contributed by atoms with van der Waals surface area (Å²) in [5.41, 5.74) is 2.56. The molecule has 2 aromatic rings. The third kappa shape index (κ3) is 1.47. The largest absolute Gasteiger partial charge is 0.361 e. The average Bonchev–Trinajstić information content (AvgIpc) is 2.53. The minimum Gasteiger partial charge on any atom is -0.361 e. The van der Waals surface area contributed by atoms with Gasteiger partial charge < -0.3 is 4.98 Å². The van der Waals surface area contributed by atoms with Crippen molar-refractivity contribution in [1.82, 2.24) is 4.98 Å². The van der Waals surface area contributed by atoms with Crippen molar-refractivity contribution in [2.45, 2.75) is 6.92 Å². The van der Waals surface area contributed by atoms with Crippen molar-refractivity contribution in [3.8, 4) is 11.3 Å². The van der Waals surface area contributed by atoms with E-state index in [-0.39, 0.29) is 5.82 Å². The molecule has 0 amide bonds. The van der Waals surface area contributed by atoms with Crippen molar-refractivity contribution < 1.29 is 4.39 Å².